The summed E-state index contributed by atoms with van der Waals surface area (Å²) in [5.41, 5.74) is 2.03. The highest BCUT2D eigenvalue weighted by Crippen LogP contribution is 2.29. The Morgan fingerprint density at radius 1 is 1.25 bits per heavy atom. The Bertz CT molecular complexity index is 917. The molecule has 4 rings (SSSR count). The summed E-state index contributed by atoms with van der Waals surface area (Å²) >= 11 is 7.89. The molecule has 0 atom stereocenters. The van der Waals surface area contributed by atoms with Crippen molar-refractivity contribution in [2.45, 2.75) is 31.8 Å². The summed E-state index contributed by atoms with van der Waals surface area (Å²) in [5.74, 6) is 0.387. The van der Waals surface area contributed by atoms with E-state index in [1.807, 2.05) is 35.7 Å². The Kier molecular flexibility index (Phi) is 6.10. The minimum absolute atomic E-state index is 0.219. The van der Waals surface area contributed by atoms with Crippen molar-refractivity contribution in [2.75, 3.05) is 13.1 Å². The van der Waals surface area contributed by atoms with Crippen molar-refractivity contribution in [3.05, 3.63) is 74.8 Å². The number of carbonyl (C=O) groups is 1. The molecule has 0 radical (unpaired) electrons. The molecule has 0 saturated carbocycles. The number of amides is 1. The summed E-state index contributed by atoms with van der Waals surface area (Å²) in [6.07, 6.45) is 1.99. The van der Waals surface area contributed by atoms with Crippen LogP contribution in [0.3, 0.4) is 0 Å². The second-order valence-electron chi connectivity index (χ2n) is 7.02. The SMILES string of the molecule is O=C(NCc1cccs1)c1cc(C2CCN(Cc3ccccc3Cl)CC2)no1. The Morgan fingerprint density at radius 2 is 2.07 bits per heavy atom. The van der Waals surface area contributed by atoms with Gasteiger partial charge in [0.1, 0.15) is 0 Å². The molecule has 28 heavy (non-hydrogen) atoms. The molecule has 0 bridgehead atoms. The number of carbonyl (C=O) groups excluding carboxylic acids is 1. The molecule has 1 aromatic carbocycles. The molecule has 1 fully saturated rings. The van der Waals surface area contributed by atoms with Crippen LogP contribution in [-0.2, 0) is 13.1 Å². The summed E-state index contributed by atoms with van der Waals surface area (Å²) < 4.78 is 5.30. The molecule has 3 aromatic rings. The summed E-state index contributed by atoms with van der Waals surface area (Å²) in [6.45, 7) is 3.32. The fraction of sp³-hybridized carbons (Fsp3) is 0.333. The second kappa shape index (κ2) is 8.90. The van der Waals surface area contributed by atoms with E-state index in [2.05, 4.69) is 21.4 Å². The van der Waals surface area contributed by atoms with Crippen LogP contribution < -0.4 is 5.32 Å². The van der Waals surface area contributed by atoms with Gasteiger partial charge in [0.25, 0.3) is 5.91 Å². The van der Waals surface area contributed by atoms with E-state index in [0.29, 0.717) is 12.5 Å². The molecule has 146 valence electrons. The van der Waals surface area contributed by atoms with Gasteiger partial charge in [-0.05, 0) is 49.0 Å². The number of hydrogen-bond donors (Lipinski definition) is 1. The van der Waals surface area contributed by atoms with Crippen LogP contribution in [0.15, 0.2) is 52.4 Å². The number of hydrogen-bond acceptors (Lipinski definition) is 5. The van der Waals surface area contributed by atoms with Gasteiger partial charge in [0.05, 0.1) is 12.2 Å². The maximum Gasteiger partial charge on any atom is 0.290 e. The quantitative estimate of drug-likeness (QED) is 0.634. The number of aromatic nitrogens is 1. The number of thiophene rings is 1. The monoisotopic (exact) mass is 415 g/mol. The smallest absolute Gasteiger partial charge is 0.290 e. The lowest BCUT2D eigenvalue weighted by atomic mass is 9.93. The van der Waals surface area contributed by atoms with Crippen LogP contribution in [0.5, 0.6) is 0 Å². The van der Waals surface area contributed by atoms with E-state index < -0.39 is 0 Å². The maximum absolute atomic E-state index is 12.3. The lowest BCUT2D eigenvalue weighted by Crippen LogP contribution is -2.32. The number of nitrogens with one attached hydrogen (secondary N) is 1. The van der Waals surface area contributed by atoms with E-state index in [9.17, 15) is 4.79 Å². The van der Waals surface area contributed by atoms with E-state index in [1.165, 1.54) is 0 Å². The van der Waals surface area contributed by atoms with Crippen LogP contribution in [-0.4, -0.2) is 29.1 Å². The van der Waals surface area contributed by atoms with Crippen molar-refractivity contribution in [3.63, 3.8) is 0 Å². The number of benzene rings is 1. The molecule has 7 heteroatoms. The zero-order chi connectivity index (χ0) is 19.3. The minimum atomic E-state index is -0.219. The molecule has 1 amide bonds. The standard InChI is InChI=1S/C21H22ClN3O2S/c22-18-6-2-1-4-16(18)14-25-9-7-15(8-10-25)19-12-20(27-24-19)21(26)23-13-17-5-3-11-28-17/h1-6,11-12,15H,7-10,13-14H2,(H,23,26). The third-order valence-electron chi connectivity index (χ3n) is 5.11. The van der Waals surface area contributed by atoms with Crippen molar-refractivity contribution < 1.29 is 9.32 Å². The minimum Gasteiger partial charge on any atom is -0.351 e. The molecule has 3 heterocycles. The third-order valence-corrected chi connectivity index (χ3v) is 6.36. The number of likely N-dealkylation sites (tertiary alicyclic amines) is 1. The molecule has 1 aliphatic rings. The van der Waals surface area contributed by atoms with Gasteiger partial charge in [-0.25, -0.2) is 0 Å². The molecule has 0 unspecified atom stereocenters. The summed E-state index contributed by atoms with van der Waals surface area (Å²) in [7, 11) is 0. The van der Waals surface area contributed by atoms with Gasteiger partial charge in [0.15, 0.2) is 0 Å². The average molecular weight is 416 g/mol. The number of piperidine rings is 1. The molecule has 1 aliphatic heterocycles. The van der Waals surface area contributed by atoms with Crippen molar-refractivity contribution in [1.82, 2.24) is 15.4 Å². The molecule has 0 aliphatic carbocycles. The predicted molar refractivity (Wildman–Crippen MR) is 111 cm³/mol. The fourth-order valence-electron chi connectivity index (χ4n) is 3.51. The average Bonchev–Trinajstić information content (AvgIpc) is 3.41. The molecular weight excluding hydrogens is 394 g/mol. The molecule has 5 nitrogen and oxygen atoms in total. The Labute approximate surface area is 173 Å². The van der Waals surface area contributed by atoms with Gasteiger partial charge in [-0.15, -0.1) is 11.3 Å². The first-order valence-corrected chi connectivity index (χ1v) is 10.7. The third kappa shape index (κ3) is 4.63. The van der Waals surface area contributed by atoms with Gasteiger partial charge in [-0.3, -0.25) is 9.69 Å². The summed E-state index contributed by atoms with van der Waals surface area (Å²) in [4.78, 5) is 15.8. The molecule has 2 aromatic heterocycles. The van der Waals surface area contributed by atoms with Crippen LogP contribution in [0.25, 0.3) is 0 Å². The van der Waals surface area contributed by atoms with Crippen molar-refractivity contribution in [1.29, 1.82) is 0 Å². The Hall–Kier alpha value is -2.15. The Balaban J connectivity index is 1.29. The highest BCUT2D eigenvalue weighted by Gasteiger charge is 2.25. The van der Waals surface area contributed by atoms with Gasteiger partial charge in [-0.1, -0.05) is 41.0 Å². The van der Waals surface area contributed by atoms with Crippen molar-refractivity contribution in [2.24, 2.45) is 0 Å². The highest BCUT2D eigenvalue weighted by molar-refractivity contribution is 7.09. The largest absolute Gasteiger partial charge is 0.351 e. The topological polar surface area (TPSA) is 58.4 Å². The zero-order valence-electron chi connectivity index (χ0n) is 15.4. The van der Waals surface area contributed by atoms with Crippen LogP contribution in [0.2, 0.25) is 5.02 Å². The van der Waals surface area contributed by atoms with Crippen LogP contribution in [0, 0.1) is 0 Å². The van der Waals surface area contributed by atoms with Gasteiger partial charge >= 0.3 is 0 Å². The normalized spacial score (nSPS) is 15.6. The first-order valence-electron chi connectivity index (χ1n) is 9.42. The van der Waals surface area contributed by atoms with Gasteiger partial charge in [0.2, 0.25) is 5.76 Å². The van der Waals surface area contributed by atoms with Crippen molar-refractivity contribution >= 4 is 28.8 Å². The lowest BCUT2D eigenvalue weighted by molar-refractivity contribution is 0.0914. The molecule has 1 N–H and O–H groups in total. The summed E-state index contributed by atoms with van der Waals surface area (Å²) in [5, 5.41) is 9.84. The first kappa shape index (κ1) is 19.2. The van der Waals surface area contributed by atoms with Crippen molar-refractivity contribution in [3.8, 4) is 0 Å². The van der Waals surface area contributed by atoms with E-state index in [4.69, 9.17) is 16.1 Å². The highest BCUT2D eigenvalue weighted by atomic mass is 35.5. The van der Waals surface area contributed by atoms with E-state index >= 15 is 0 Å². The van der Waals surface area contributed by atoms with Crippen LogP contribution in [0.4, 0.5) is 0 Å². The fourth-order valence-corrected chi connectivity index (χ4v) is 4.35. The van der Waals surface area contributed by atoms with E-state index in [0.717, 1.165) is 53.6 Å². The number of rotatable bonds is 6. The number of nitrogens with zero attached hydrogens (tertiary/aromatic N) is 2. The predicted octanol–water partition coefficient (Wildman–Crippen LogP) is 4.70. The summed E-state index contributed by atoms with van der Waals surface area (Å²) in [6, 6.07) is 13.7. The Morgan fingerprint density at radius 3 is 2.82 bits per heavy atom. The van der Waals surface area contributed by atoms with E-state index in [1.54, 1.807) is 17.4 Å². The van der Waals surface area contributed by atoms with Gasteiger partial charge < -0.3 is 9.84 Å². The van der Waals surface area contributed by atoms with Gasteiger partial charge in [0, 0.05) is 28.4 Å². The van der Waals surface area contributed by atoms with E-state index in [-0.39, 0.29) is 11.7 Å². The lowest BCUT2D eigenvalue weighted by Gasteiger charge is -2.31. The maximum atomic E-state index is 12.3. The second-order valence-corrected chi connectivity index (χ2v) is 8.46. The van der Waals surface area contributed by atoms with Gasteiger partial charge in [-0.2, -0.15) is 0 Å². The molecular formula is C21H22ClN3O2S. The van der Waals surface area contributed by atoms with Crippen LogP contribution in [0.1, 0.15) is 45.4 Å². The zero-order valence-corrected chi connectivity index (χ0v) is 17.0. The number of halogens is 1. The van der Waals surface area contributed by atoms with Crippen LogP contribution >= 0.6 is 22.9 Å². The molecule has 1 saturated heterocycles. The first-order chi connectivity index (χ1) is 13.7. The molecule has 0 spiro atoms.